The lowest BCUT2D eigenvalue weighted by Gasteiger charge is -2.31. The van der Waals surface area contributed by atoms with Crippen LogP contribution < -0.4 is 43.4 Å². The molecule has 0 radical (unpaired) electrons. The molecule has 0 aromatic heterocycles. The van der Waals surface area contributed by atoms with Crippen molar-refractivity contribution in [3.8, 4) is 0 Å². The van der Waals surface area contributed by atoms with Gasteiger partial charge in [0.1, 0.15) is 42.3 Å². The Morgan fingerprint density at radius 3 is 1.76 bits per heavy atom. The highest BCUT2D eigenvalue weighted by atomic mass is 32.2. The van der Waals surface area contributed by atoms with Gasteiger partial charge in [0, 0.05) is 19.4 Å². The molecule has 0 aliphatic carbocycles. The highest BCUT2D eigenvalue weighted by molar-refractivity contribution is 7.98. The number of aliphatic hydroxyl groups excluding tert-OH is 1. The van der Waals surface area contributed by atoms with Crippen LogP contribution in [0, 0.1) is 5.92 Å². The maximum absolute atomic E-state index is 14.0. The fourth-order valence-corrected chi connectivity index (χ4v) is 6.64. The van der Waals surface area contributed by atoms with Crippen LogP contribution in [0.4, 0.5) is 0 Å². The van der Waals surface area contributed by atoms with Crippen LogP contribution in [0.25, 0.3) is 0 Å². The van der Waals surface area contributed by atoms with Crippen molar-refractivity contribution >= 4 is 76.9 Å². The van der Waals surface area contributed by atoms with Gasteiger partial charge in [-0.15, -0.1) is 0 Å². The number of rotatable bonds is 28. The number of nitrogens with zero attached hydrogens (tertiary/aromatic N) is 1. The highest BCUT2D eigenvalue weighted by Crippen LogP contribution is 2.21. The lowest BCUT2D eigenvalue weighted by Crippen LogP contribution is -2.62. The minimum atomic E-state index is -1.80. The van der Waals surface area contributed by atoms with Gasteiger partial charge in [0.2, 0.25) is 47.3 Å². The molecule has 1 aliphatic heterocycles. The molecule has 8 amide bonds. The lowest BCUT2D eigenvalue weighted by atomic mass is 9.96. The summed E-state index contributed by atoms with van der Waals surface area (Å²) in [4.78, 5) is 141. The first-order valence-corrected chi connectivity index (χ1v) is 21.3. The molecule has 1 fully saturated rings. The number of aliphatic hydroxyl groups is 1. The van der Waals surface area contributed by atoms with Gasteiger partial charge in [-0.1, -0.05) is 20.3 Å². The Labute approximate surface area is 362 Å². The molecule has 350 valence electrons. The first-order chi connectivity index (χ1) is 28.9. The summed E-state index contributed by atoms with van der Waals surface area (Å²) >= 11 is 1.32. The zero-order valence-corrected chi connectivity index (χ0v) is 36.2. The molecule has 14 N–H and O–H groups in total. The fraction of sp³-hybridized carbons (Fsp3) is 0.703. The standard InChI is InChI=1S/C37H61N9O15S/c1-6-17(2)28(44-35(58)29(19(4)47)45-32(55)23(16-27(51)52)43-30(53)18(3)38)34(57)40-20(10-12-26(49)50)31(54)41-21(13-15-62-5)36(59)46-14-7-8-24(46)33(56)42-22(37(60)61)9-11-25(39)48/h17-24,28-29,47H,6-16,38H2,1-5H3,(H2,39,48)(H,40,57)(H,41,54)(H,42,56)(H,43,53)(H,44,58)(H,45,55)(H,49,50)(H,51,52)(H,60,61)/t17-,18-,19+,20-,21-,22-,23-,24-,28-,29-/m0/s1. The topological polar surface area (TPSA) is 396 Å². The summed E-state index contributed by atoms with van der Waals surface area (Å²) < 4.78 is 0. The summed E-state index contributed by atoms with van der Waals surface area (Å²) in [5, 5.41) is 52.9. The Kier molecular flexibility index (Phi) is 23.5. The lowest BCUT2D eigenvalue weighted by molar-refractivity contribution is -0.145. The van der Waals surface area contributed by atoms with E-state index in [1.165, 1.54) is 23.6 Å². The maximum Gasteiger partial charge on any atom is 0.326 e. The van der Waals surface area contributed by atoms with Crippen LogP contribution in [0.2, 0.25) is 0 Å². The Balaban J connectivity index is 3.38. The number of nitrogens with two attached hydrogens (primary N) is 2. The minimum absolute atomic E-state index is 0.0206. The van der Waals surface area contributed by atoms with E-state index in [-0.39, 0.29) is 38.6 Å². The van der Waals surface area contributed by atoms with Gasteiger partial charge in [0.15, 0.2) is 0 Å². The Hall–Kier alpha value is -5.56. The van der Waals surface area contributed by atoms with Crippen molar-refractivity contribution in [2.24, 2.45) is 17.4 Å². The molecule has 1 saturated heterocycles. The number of thioether (sulfide) groups is 1. The van der Waals surface area contributed by atoms with E-state index < -0.39 is 145 Å². The molecule has 10 atom stereocenters. The number of primary amides is 1. The first kappa shape index (κ1) is 54.5. The third kappa shape index (κ3) is 18.2. The van der Waals surface area contributed by atoms with E-state index in [4.69, 9.17) is 11.5 Å². The van der Waals surface area contributed by atoms with Gasteiger partial charge >= 0.3 is 17.9 Å². The van der Waals surface area contributed by atoms with Crippen molar-refractivity contribution in [1.82, 2.24) is 36.8 Å². The highest BCUT2D eigenvalue weighted by Gasteiger charge is 2.40. The van der Waals surface area contributed by atoms with Crippen molar-refractivity contribution < 1.29 is 73.2 Å². The van der Waals surface area contributed by atoms with Gasteiger partial charge in [-0.05, 0) is 63.9 Å². The number of carboxylic acids is 3. The number of hydrogen-bond acceptors (Lipinski definition) is 14. The van der Waals surface area contributed by atoms with Gasteiger partial charge in [0.25, 0.3) is 0 Å². The number of carbonyl (C=O) groups excluding carboxylic acids is 8. The smallest absolute Gasteiger partial charge is 0.326 e. The SMILES string of the molecule is CC[C@H](C)[C@H](NC(=O)[C@@H](NC(=O)[C@H](CC(=O)O)NC(=O)[C@H](C)N)[C@@H](C)O)C(=O)N[C@@H](CCC(=O)O)C(=O)N[C@@H](CCSC)C(=O)N1CCC[C@H]1C(=O)N[C@@H](CCC(N)=O)C(=O)O. The van der Waals surface area contributed by atoms with Crippen LogP contribution in [-0.4, -0.2) is 163 Å². The zero-order valence-electron chi connectivity index (χ0n) is 35.3. The van der Waals surface area contributed by atoms with E-state index in [2.05, 4.69) is 31.9 Å². The molecule has 62 heavy (non-hydrogen) atoms. The third-order valence-corrected chi connectivity index (χ3v) is 10.6. The number of likely N-dealkylation sites (tertiary alicyclic amines) is 1. The van der Waals surface area contributed by atoms with Gasteiger partial charge < -0.3 is 68.7 Å². The first-order valence-electron chi connectivity index (χ1n) is 19.9. The fourth-order valence-electron chi connectivity index (χ4n) is 6.17. The summed E-state index contributed by atoms with van der Waals surface area (Å²) in [5.41, 5.74) is 10.6. The van der Waals surface area contributed by atoms with Gasteiger partial charge in [-0.25, -0.2) is 4.79 Å². The zero-order chi connectivity index (χ0) is 47.4. The molecule has 0 bridgehead atoms. The van der Waals surface area contributed by atoms with Crippen molar-refractivity contribution in [3.63, 3.8) is 0 Å². The van der Waals surface area contributed by atoms with Crippen LogP contribution in [0.15, 0.2) is 0 Å². The number of nitrogens with one attached hydrogen (secondary N) is 6. The number of aliphatic carboxylic acids is 3. The number of amides is 8. The van der Waals surface area contributed by atoms with Crippen molar-refractivity contribution in [1.29, 1.82) is 0 Å². The minimum Gasteiger partial charge on any atom is -0.481 e. The molecule has 24 nitrogen and oxygen atoms in total. The molecule has 1 aliphatic rings. The Morgan fingerprint density at radius 2 is 1.24 bits per heavy atom. The van der Waals surface area contributed by atoms with E-state index in [0.717, 1.165) is 6.92 Å². The molecule has 0 spiro atoms. The number of carboxylic acid groups (broad SMARTS) is 3. The van der Waals surface area contributed by atoms with E-state index in [0.29, 0.717) is 12.2 Å². The van der Waals surface area contributed by atoms with E-state index in [9.17, 15) is 73.2 Å². The molecule has 0 aromatic carbocycles. The second-order valence-corrected chi connectivity index (χ2v) is 16.0. The third-order valence-electron chi connectivity index (χ3n) is 9.92. The molecular weight excluding hydrogens is 843 g/mol. The quantitative estimate of drug-likeness (QED) is 0.0357. The summed E-state index contributed by atoms with van der Waals surface area (Å²) in [7, 11) is 0. The van der Waals surface area contributed by atoms with Crippen molar-refractivity contribution in [2.45, 2.75) is 140 Å². The molecule has 0 unspecified atom stereocenters. The second-order valence-electron chi connectivity index (χ2n) is 15.0. The summed E-state index contributed by atoms with van der Waals surface area (Å²) in [6, 6.07) is -11.7. The number of hydrogen-bond donors (Lipinski definition) is 12. The van der Waals surface area contributed by atoms with Gasteiger partial charge in [0.05, 0.1) is 18.6 Å². The molecule has 0 aromatic rings. The van der Waals surface area contributed by atoms with E-state index in [1.807, 2.05) is 0 Å². The average Bonchev–Trinajstić information content (AvgIpc) is 3.69. The summed E-state index contributed by atoms with van der Waals surface area (Å²) in [6.45, 7) is 5.67. The summed E-state index contributed by atoms with van der Waals surface area (Å²) in [5.74, 6) is -12.1. The van der Waals surface area contributed by atoms with Gasteiger partial charge in [-0.3, -0.25) is 47.9 Å². The predicted octanol–water partition coefficient (Wildman–Crippen LogP) is -3.90. The number of carbonyl (C=O) groups is 11. The average molecular weight is 904 g/mol. The molecule has 1 rings (SSSR count). The van der Waals surface area contributed by atoms with Crippen molar-refractivity contribution in [3.05, 3.63) is 0 Å². The Morgan fingerprint density at radius 1 is 0.694 bits per heavy atom. The largest absolute Gasteiger partial charge is 0.481 e. The Bertz CT molecular complexity index is 1650. The van der Waals surface area contributed by atoms with Crippen molar-refractivity contribution in [2.75, 3.05) is 18.6 Å². The van der Waals surface area contributed by atoms with Crippen LogP contribution >= 0.6 is 11.8 Å². The van der Waals surface area contributed by atoms with E-state index in [1.54, 1.807) is 20.1 Å². The molecule has 1 heterocycles. The predicted molar refractivity (Wildman–Crippen MR) is 219 cm³/mol. The normalized spacial score (nSPS) is 17.9. The molecule has 0 saturated carbocycles. The second kappa shape index (κ2) is 26.7. The molecular formula is C37H61N9O15S. The van der Waals surface area contributed by atoms with Crippen LogP contribution in [0.1, 0.15) is 85.5 Å². The maximum atomic E-state index is 14.0. The molecule has 25 heteroatoms. The van der Waals surface area contributed by atoms with Crippen LogP contribution in [0.3, 0.4) is 0 Å². The van der Waals surface area contributed by atoms with E-state index >= 15 is 0 Å². The van der Waals surface area contributed by atoms with Gasteiger partial charge in [-0.2, -0.15) is 11.8 Å². The monoisotopic (exact) mass is 903 g/mol. The summed E-state index contributed by atoms with van der Waals surface area (Å²) in [6.07, 6.45) is -1.81. The van der Waals surface area contributed by atoms with Crippen LogP contribution in [0.5, 0.6) is 0 Å². The van der Waals surface area contributed by atoms with Crippen LogP contribution in [-0.2, 0) is 52.7 Å².